The van der Waals surface area contributed by atoms with Gasteiger partial charge >= 0.3 is 0 Å². The van der Waals surface area contributed by atoms with Gasteiger partial charge in [0.2, 0.25) is 10.0 Å². The summed E-state index contributed by atoms with van der Waals surface area (Å²) in [5, 5.41) is 5.33. The second-order valence-corrected chi connectivity index (χ2v) is 5.98. The van der Waals surface area contributed by atoms with E-state index in [-0.39, 0.29) is 4.90 Å². The zero-order chi connectivity index (χ0) is 14.9. The highest BCUT2D eigenvalue weighted by atomic mass is 32.2. The Morgan fingerprint density at radius 1 is 1.05 bits per heavy atom. The first-order chi connectivity index (χ1) is 10.1. The number of primary sulfonamides is 1. The van der Waals surface area contributed by atoms with E-state index >= 15 is 0 Å². The van der Waals surface area contributed by atoms with E-state index in [2.05, 4.69) is 26.9 Å². The van der Waals surface area contributed by atoms with Crippen molar-refractivity contribution >= 4 is 10.0 Å². The van der Waals surface area contributed by atoms with Gasteiger partial charge in [-0.15, -0.1) is 0 Å². The average Bonchev–Trinajstić information content (AvgIpc) is 3.00. The van der Waals surface area contributed by atoms with Gasteiger partial charge in [-0.05, 0) is 18.2 Å². The van der Waals surface area contributed by atoms with Gasteiger partial charge in [0.15, 0.2) is 0 Å². The minimum Gasteiger partial charge on any atom is -0.256 e. The van der Waals surface area contributed by atoms with Crippen LogP contribution in [0.2, 0.25) is 0 Å². The number of hydrazine groups is 3. The summed E-state index contributed by atoms with van der Waals surface area (Å²) < 4.78 is 23.7. The highest BCUT2D eigenvalue weighted by molar-refractivity contribution is 7.89. The molecule has 0 radical (unpaired) electrons. The maximum Gasteiger partial charge on any atom is 0.238 e. The van der Waals surface area contributed by atoms with Crippen molar-refractivity contribution in [3.8, 4) is 11.3 Å². The molecule has 1 aliphatic heterocycles. The molecular formula is C12H14N6O2S. The van der Waals surface area contributed by atoms with Gasteiger partial charge in [-0.2, -0.15) is 11.1 Å². The SMILES string of the molecule is NS(=O)(=O)c1cccc(-c2ccccn2)c1C1NNNN1. The Balaban J connectivity index is 2.25. The molecule has 0 atom stereocenters. The summed E-state index contributed by atoms with van der Waals surface area (Å²) in [5.41, 5.74) is 12.9. The molecule has 1 fully saturated rings. The van der Waals surface area contributed by atoms with E-state index in [1.807, 2.05) is 12.1 Å². The Morgan fingerprint density at radius 2 is 1.81 bits per heavy atom. The molecule has 0 saturated carbocycles. The molecule has 8 nitrogen and oxygen atoms in total. The molecule has 0 bridgehead atoms. The number of rotatable bonds is 3. The molecule has 0 amide bonds. The number of nitrogens with one attached hydrogen (secondary N) is 4. The predicted octanol–water partition coefficient (Wildman–Crippen LogP) is -0.488. The molecule has 3 rings (SSSR count). The van der Waals surface area contributed by atoms with Crippen LogP contribution in [0.5, 0.6) is 0 Å². The summed E-state index contributed by atoms with van der Waals surface area (Å²) in [6.45, 7) is 0. The zero-order valence-electron chi connectivity index (χ0n) is 10.9. The molecule has 9 heteroatoms. The Morgan fingerprint density at radius 3 is 2.43 bits per heavy atom. The highest BCUT2D eigenvalue weighted by Crippen LogP contribution is 2.31. The van der Waals surface area contributed by atoms with Crippen LogP contribution in [0.1, 0.15) is 11.7 Å². The van der Waals surface area contributed by atoms with Crippen LogP contribution in [0.25, 0.3) is 11.3 Å². The Hall–Kier alpha value is -1.88. The van der Waals surface area contributed by atoms with Crippen LogP contribution < -0.4 is 27.1 Å². The summed E-state index contributed by atoms with van der Waals surface area (Å²) in [4.78, 5) is 4.31. The minimum absolute atomic E-state index is 0.0427. The highest BCUT2D eigenvalue weighted by Gasteiger charge is 2.27. The maximum atomic E-state index is 11.9. The molecular weight excluding hydrogens is 292 g/mol. The van der Waals surface area contributed by atoms with Crippen molar-refractivity contribution in [3.63, 3.8) is 0 Å². The van der Waals surface area contributed by atoms with Gasteiger partial charge in [0.25, 0.3) is 0 Å². The Bertz CT molecular complexity index is 744. The largest absolute Gasteiger partial charge is 0.256 e. The van der Waals surface area contributed by atoms with Crippen LogP contribution in [0.3, 0.4) is 0 Å². The molecule has 0 aliphatic carbocycles. The summed E-state index contributed by atoms with van der Waals surface area (Å²) in [6.07, 6.45) is 1.17. The molecule has 1 aliphatic rings. The fraction of sp³-hybridized carbons (Fsp3) is 0.0833. The Labute approximate surface area is 121 Å². The lowest BCUT2D eigenvalue weighted by Crippen LogP contribution is -2.33. The van der Waals surface area contributed by atoms with Crippen molar-refractivity contribution in [2.75, 3.05) is 0 Å². The standard InChI is InChI=1S/C12H14N6O2S/c13-21(19,20)10-6-3-4-8(9-5-1-2-7-14-9)11(10)12-15-17-18-16-12/h1-7,12,15-18H,(H2,13,19,20). The third-order valence-corrected chi connectivity index (χ3v) is 4.07. The van der Waals surface area contributed by atoms with Crippen LogP contribution in [-0.2, 0) is 10.0 Å². The third kappa shape index (κ3) is 2.78. The van der Waals surface area contributed by atoms with Crippen molar-refractivity contribution in [2.45, 2.75) is 11.1 Å². The van der Waals surface area contributed by atoms with Crippen LogP contribution in [0.4, 0.5) is 0 Å². The van der Waals surface area contributed by atoms with Crippen LogP contribution in [0.15, 0.2) is 47.5 Å². The van der Waals surface area contributed by atoms with Crippen molar-refractivity contribution in [1.29, 1.82) is 0 Å². The van der Waals surface area contributed by atoms with Crippen molar-refractivity contribution in [3.05, 3.63) is 48.2 Å². The lowest BCUT2D eigenvalue weighted by Gasteiger charge is -2.18. The number of sulfonamides is 1. The van der Waals surface area contributed by atoms with Gasteiger partial charge in [-0.3, -0.25) is 4.98 Å². The lowest BCUT2D eigenvalue weighted by atomic mass is 10.0. The molecule has 110 valence electrons. The van der Waals surface area contributed by atoms with E-state index in [0.717, 1.165) is 0 Å². The smallest absolute Gasteiger partial charge is 0.238 e. The number of pyridine rings is 1. The fourth-order valence-corrected chi connectivity index (χ4v) is 3.03. The van der Waals surface area contributed by atoms with Crippen molar-refractivity contribution < 1.29 is 8.42 Å². The van der Waals surface area contributed by atoms with Crippen LogP contribution >= 0.6 is 0 Å². The second-order valence-electron chi connectivity index (χ2n) is 4.45. The molecule has 0 spiro atoms. The van der Waals surface area contributed by atoms with Crippen LogP contribution in [-0.4, -0.2) is 13.4 Å². The zero-order valence-corrected chi connectivity index (χ0v) is 11.7. The van der Waals surface area contributed by atoms with Gasteiger partial charge < -0.3 is 0 Å². The van der Waals surface area contributed by atoms with Crippen molar-refractivity contribution in [2.24, 2.45) is 5.14 Å². The molecule has 1 saturated heterocycles. The average molecular weight is 306 g/mol. The first kappa shape index (κ1) is 14.1. The van der Waals surface area contributed by atoms with Gasteiger partial charge in [-0.1, -0.05) is 18.2 Å². The summed E-state index contributed by atoms with van der Waals surface area (Å²) in [5.74, 6) is 0. The van der Waals surface area contributed by atoms with E-state index in [1.165, 1.54) is 6.07 Å². The normalized spacial score (nSPS) is 16.2. The number of benzene rings is 1. The van der Waals surface area contributed by atoms with Gasteiger partial charge in [0, 0.05) is 17.3 Å². The molecule has 6 N–H and O–H groups in total. The molecule has 21 heavy (non-hydrogen) atoms. The van der Waals surface area contributed by atoms with E-state index in [9.17, 15) is 8.42 Å². The number of nitrogens with two attached hydrogens (primary N) is 1. The number of aromatic nitrogens is 1. The predicted molar refractivity (Wildman–Crippen MR) is 76.3 cm³/mol. The quantitative estimate of drug-likeness (QED) is 0.519. The topological polar surface area (TPSA) is 121 Å². The molecule has 2 aromatic rings. The fourth-order valence-electron chi connectivity index (χ4n) is 2.23. The number of nitrogens with zero attached hydrogens (tertiary/aromatic N) is 1. The van der Waals surface area contributed by atoms with Gasteiger partial charge in [0.1, 0.15) is 6.17 Å². The van der Waals surface area contributed by atoms with Gasteiger partial charge in [-0.25, -0.2) is 24.4 Å². The first-order valence-electron chi connectivity index (χ1n) is 6.15. The summed E-state index contributed by atoms with van der Waals surface area (Å²) in [7, 11) is -3.86. The molecule has 2 heterocycles. The van der Waals surface area contributed by atoms with Crippen LogP contribution in [0, 0.1) is 0 Å². The third-order valence-electron chi connectivity index (χ3n) is 3.10. The lowest BCUT2D eigenvalue weighted by molar-refractivity contribution is 0.540. The van der Waals surface area contributed by atoms with E-state index < -0.39 is 16.2 Å². The van der Waals surface area contributed by atoms with Gasteiger partial charge in [0.05, 0.1) is 10.6 Å². The second kappa shape index (κ2) is 5.48. The number of hydrogen-bond donors (Lipinski definition) is 5. The number of hydrogen-bond acceptors (Lipinski definition) is 7. The van der Waals surface area contributed by atoms with E-state index in [4.69, 9.17) is 5.14 Å². The molecule has 1 aromatic carbocycles. The molecule has 1 aromatic heterocycles. The summed E-state index contributed by atoms with van der Waals surface area (Å²) >= 11 is 0. The monoisotopic (exact) mass is 306 g/mol. The first-order valence-corrected chi connectivity index (χ1v) is 7.70. The summed E-state index contributed by atoms with van der Waals surface area (Å²) in [6, 6.07) is 10.3. The van der Waals surface area contributed by atoms with E-state index in [1.54, 1.807) is 24.4 Å². The molecule has 0 unspecified atom stereocenters. The minimum atomic E-state index is -3.86. The Kier molecular flexibility index (Phi) is 3.68. The van der Waals surface area contributed by atoms with E-state index in [0.29, 0.717) is 16.8 Å². The van der Waals surface area contributed by atoms with Crippen molar-refractivity contribution in [1.82, 2.24) is 26.9 Å². The maximum absolute atomic E-state index is 11.9.